The van der Waals surface area contributed by atoms with Crippen LogP contribution >= 0.6 is 0 Å². The molecule has 8 nitrogen and oxygen atoms in total. The Hall–Kier alpha value is -3.26. The Labute approximate surface area is 149 Å². The number of carboxylic acid groups (broad SMARTS) is 2. The number of benzene rings is 2. The molecule has 1 saturated heterocycles. The number of aromatic carboxylic acids is 2. The molecule has 2 aromatic rings. The van der Waals surface area contributed by atoms with Crippen molar-refractivity contribution in [3.63, 3.8) is 0 Å². The first-order chi connectivity index (χ1) is 12.4. The van der Waals surface area contributed by atoms with Crippen LogP contribution in [0.1, 0.15) is 20.7 Å². The Morgan fingerprint density at radius 2 is 1.46 bits per heavy atom. The Kier molecular flexibility index (Phi) is 6.40. The number of carboxylic acids is 2. The van der Waals surface area contributed by atoms with Crippen molar-refractivity contribution in [1.29, 1.82) is 0 Å². The fraction of sp³-hybridized carbons (Fsp3) is 0.222. The number of nitrogens with zero attached hydrogens (tertiary/aromatic N) is 1. The lowest BCUT2D eigenvalue weighted by Crippen LogP contribution is -2.37. The molecule has 2 aromatic carbocycles. The highest BCUT2D eigenvalue weighted by Crippen LogP contribution is 2.28. The van der Waals surface area contributed by atoms with E-state index in [9.17, 15) is 14.7 Å². The third-order valence-electron chi connectivity index (χ3n) is 3.72. The molecule has 138 valence electrons. The van der Waals surface area contributed by atoms with Gasteiger partial charge in [-0.25, -0.2) is 9.59 Å². The first kappa shape index (κ1) is 19.1. The van der Waals surface area contributed by atoms with Crippen molar-refractivity contribution in [1.82, 2.24) is 0 Å². The van der Waals surface area contributed by atoms with E-state index in [0.717, 1.165) is 0 Å². The monoisotopic (exact) mass is 361 g/mol. The second-order valence-corrected chi connectivity index (χ2v) is 5.40. The molecule has 1 fully saturated rings. The quantitative estimate of drug-likeness (QED) is 0.654. The lowest BCUT2D eigenvalue weighted by molar-refractivity contribution is 0.0682. The topological polar surface area (TPSA) is 128 Å². The SMILES string of the molecule is O=C(O)c1c(O)cccc1N1CCOCC1.O=C(O)c1ccccc1O. The van der Waals surface area contributed by atoms with Gasteiger partial charge in [-0.15, -0.1) is 0 Å². The van der Waals surface area contributed by atoms with Crippen LogP contribution < -0.4 is 4.90 Å². The second-order valence-electron chi connectivity index (χ2n) is 5.40. The maximum absolute atomic E-state index is 11.1. The summed E-state index contributed by atoms with van der Waals surface area (Å²) in [4.78, 5) is 23.2. The third kappa shape index (κ3) is 4.64. The predicted molar refractivity (Wildman–Crippen MR) is 93.2 cm³/mol. The fourth-order valence-corrected chi connectivity index (χ4v) is 2.47. The second kappa shape index (κ2) is 8.72. The van der Waals surface area contributed by atoms with Gasteiger partial charge < -0.3 is 30.1 Å². The van der Waals surface area contributed by atoms with Crippen molar-refractivity contribution < 1.29 is 34.8 Å². The molecule has 26 heavy (non-hydrogen) atoms. The van der Waals surface area contributed by atoms with Crippen molar-refractivity contribution in [2.45, 2.75) is 0 Å². The van der Waals surface area contributed by atoms with E-state index >= 15 is 0 Å². The van der Waals surface area contributed by atoms with E-state index in [0.29, 0.717) is 32.0 Å². The zero-order valence-electron chi connectivity index (χ0n) is 13.8. The molecule has 0 unspecified atom stereocenters. The van der Waals surface area contributed by atoms with Gasteiger partial charge >= 0.3 is 11.9 Å². The average molecular weight is 361 g/mol. The van der Waals surface area contributed by atoms with Crippen LogP contribution in [0.2, 0.25) is 0 Å². The Morgan fingerprint density at radius 3 is 2.00 bits per heavy atom. The normalized spacial score (nSPS) is 13.5. The minimum absolute atomic E-state index is 0.0376. The van der Waals surface area contributed by atoms with Crippen LogP contribution in [0.5, 0.6) is 11.5 Å². The highest BCUT2D eigenvalue weighted by molar-refractivity contribution is 5.97. The van der Waals surface area contributed by atoms with E-state index in [2.05, 4.69) is 0 Å². The number of aromatic hydroxyl groups is 2. The summed E-state index contributed by atoms with van der Waals surface area (Å²) in [6.07, 6.45) is 0. The molecule has 0 aliphatic carbocycles. The maximum Gasteiger partial charge on any atom is 0.341 e. The highest BCUT2D eigenvalue weighted by atomic mass is 16.5. The number of hydrogen-bond donors (Lipinski definition) is 4. The van der Waals surface area contributed by atoms with Gasteiger partial charge in [-0.05, 0) is 24.3 Å². The van der Waals surface area contributed by atoms with Gasteiger partial charge in [-0.2, -0.15) is 0 Å². The molecular weight excluding hydrogens is 342 g/mol. The van der Waals surface area contributed by atoms with Crippen molar-refractivity contribution >= 4 is 17.6 Å². The van der Waals surface area contributed by atoms with Gasteiger partial charge in [-0.3, -0.25) is 0 Å². The summed E-state index contributed by atoms with van der Waals surface area (Å²) in [5.41, 5.74) is 0.447. The van der Waals surface area contributed by atoms with E-state index in [1.165, 1.54) is 18.2 Å². The molecule has 1 aliphatic heterocycles. The average Bonchev–Trinajstić information content (AvgIpc) is 2.62. The number of carbonyl (C=O) groups is 2. The molecule has 0 saturated carbocycles. The third-order valence-corrected chi connectivity index (χ3v) is 3.72. The summed E-state index contributed by atoms with van der Waals surface area (Å²) in [6.45, 7) is 2.44. The predicted octanol–water partition coefficient (Wildman–Crippen LogP) is 2.02. The van der Waals surface area contributed by atoms with E-state index in [1.54, 1.807) is 24.3 Å². The number of morpholine rings is 1. The van der Waals surface area contributed by atoms with Crippen molar-refractivity contribution in [2.24, 2.45) is 0 Å². The molecule has 4 N–H and O–H groups in total. The van der Waals surface area contributed by atoms with Crippen molar-refractivity contribution in [2.75, 3.05) is 31.2 Å². The minimum atomic E-state index is -1.11. The molecule has 1 heterocycles. The van der Waals surface area contributed by atoms with Crippen LogP contribution in [0, 0.1) is 0 Å². The van der Waals surface area contributed by atoms with Crippen LogP contribution in [-0.2, 0) is 4.74 Å². The summed E-state index contributed by atoms with van der Waals surface area (Å²) >= 11 is 0. The fourth-order valence-electron chi connectivity index (χ4n) is 2.47. The number of hydrogen-bond acceptors (Lipinski definition) is 6. The molecule has 0 aromatic heterocycles. The van der Waals surface area contributed by atoms with Gasteiger partial charge in [0.05, 0.1) is 18.9 Å². The molecule has 8 heteroatoms. The largest absolute Gasteiger partial charge is 0.507 e. The molecular formula is C18H19NO7. The first-order valence-electron chi connectivity index (χ1n) is 7.81. The molecule has 0 spiro atoms. The van der Waals surface area contributed by atoms with Gasteiger partial charge in [0.25, 0.3) is 0 Å². The van der Waals surface area contributed by atoms with Crippen LogP contribution in [0.4, 0.5) is 5.69 Å². The summed E-state index contributed by atoms with van der Waals surface area (Å²) in [6, 6.07) is 10.5. The van der Waals surface area contributed by atoms with E-state index < -0.39 is 11.9 Å². The van der Waals surface area contributed by atoms with Crippen LogP contribution in [0.3, 0.4) is 0 Å². The van der Waals surface area contributed by atoms with Crippen molar-refractivity contribution in [3.05, 3.63) is 53.6 Å². The Morgan fingerprint density at radius 1 is 0.846 bits per heavy atom. The lowest BCUT2D eigenvalue weighted by Gasteiger charge is -2.30. The van der Waals surface area contributed by atoms with E-state index in [1.807, 2.05) is 4.90 Å². The van der Waals surface area contributed by atoms with Gasteiger partial charge in [0.1, 0.15) is 22.6 Å². The number of anilines is 1. The summed E-state index contributed by atoms with van der Waals surface area (Å²) < 4.78 is 5.20. The number of ether oxygens (including phenoxy) is 1. The number of rotatable bonds is 3. The minimum Gasteiger partial charge on any atom is -0.507 e. The van der Waals surface area contributed by atoms with Gasteiger partial charge in [0, 0.05) is 13.1 Å². The zero-order chi connectivity index (χ0) is 19.1. The van der Waals surface area contributed by atoms with Gasteiger partial charge in [0.15, 0.2) is 0 Å². The van der Waals surface area contributed by atoms with Gasteiger partial charge in [-0.1, -0.05) is 18.2 Å². The van der Waals surface area contributed by atoms with Crippen LogP contribution in [0.15, 0.2) is 42.5 Å². The van der Waals surface area contributed by atoms with Crippen LogP contribution in [-0.4, -0.2) is 58.7 Å². The number of phenols is 2. The lowest BCUT2D eigenvalue weighted by atomic mass is 10.1. The van der Waals surface area contributed by atoms with Crippen molar-refractivity contribution in [3.8, 4) is 11.5 Å². The van der Waals surface area contributed by atoms with E-state index in [-0.39, 0.29) is 22.6 Å². The summed E-state index contributed by atoms with van der Waals surface area (Å²) in [7, 11) is 0. The Balaban J connectivity index is 0.000000209. The maximum atomic E-state index is 11.1. The standard InChI is InChI=1S/C11H13NO4.C7H6O3/c13-9-3-1-2-8(10(9)11(14)15)12-4-6-16-7-5-12;8-6-4-2-1-3-5(6)7(9)10/h1-3,13H,4-7H2,(H,14,15);1-4,8H,(H,9,10). The summed E-state index contributed by atoms with van der Waals surface area (Å²) in [5.74, 6) is -2.62. The molecule has 0 amide bonds. The number of para-hydroxylation sites is 1. The smallest absolute Gasteiger partial charge is 0.341 e. The first-order valence-corrected chi connectivity index (χ1v) is 7.81. The highest BCUT2D eigenvalue weighted by Gasteiger charge is 2.21. The summed E-state index contributed by atoms with van der Waals surface area (Å²) in [5, 5.41) is 35.9. The van der Waals surface area contributed by atoms with E-state index in [4.69, 9.17) is 20.1 Å². The molecule has 1 aliphatic rings. The molecule has 3 rings (SSSR count). The molecule has 0 atom stereocenters. The van der Waals surface area contributed by atoms with Gasteiger partial charge in [0.2, 0.25) is 0 Å². The van der Waals surface area contributed by atoms with Crippen LogP contribution in [0.25, 0.3) is 0 Å². The molecule has 0 radical (unpaired) electrons. The molecule has 0 bridgehead atoms. The zero-order valence-corrected chi connectivity index (χ0v) is 13.8. The Bertz CT molecular complexity index is 785.